The molecule has 0 aliphatic carbocycles. The maximum Gasteiger partial charge on any atom is 0.159 e. The lowest BCUT2D eigenvalue weighted by atomic mass is 10.1. The third-order valence-corrected chi connectivity index (χ3v) is 2.84. The van der Waals surface area contributed by atoms with Crippen molar-refractivity contribution in [1.29, 1.82) is 0 Å². The summed E-state index contributed by atoms with van der Waals surface area (Å²) in [6, 6.07) is 5.26. The Kier molecular flexibility index (Phi) is 4.68. The van der Waals surface area contributed by atoms with Gasteiger partial charge in [0.2, 0.25) is 0 Å². The standard InChI is InChI=1S/C12H16O3S/c1-4-15-12-6-5-10(9(2)13)7-11(12)8-16(3)14/h5-7H,4,8H2,1-3H3. The molecule has 1 rings (SSSR count). The summed E-state index contributed by atoms with van der Waals surface area (Å²) >= 11 is 0. The largest absolute Gasteiger partial charge is 0.494 e. The number of Topliss-reactive ketones (excluding diaryl/α,β-unsaturated/α-hetero) is 1. The molecular formula is C12H16O3S. The van der Waals surface area contributed by atoms with Crippen molar-refractivity contribution >= 4 is 16.6 Å². The van der Waals surface area contributed by atoms with Gasteiger partial charge in [0.25, 0.3) is 0 Å². The van der Waals surface area contributed by atoms with E-state index in [0.717, 1.165) is 5.56 Å². The van der Waals surface area contributed by atoms with E-state index in [1.54, 1.807) is 24.5 Å². The first-order chi connectivity index (χ1) is 7.54. The number of hydrogen-bond acceptors (Lipinski definition) is 3. The maximum absolute atomic E-state index is 11.2. The van der Waals surface area contributed by atoms with Crippen LogP contribution in [0.4, 0.5) is 0 Å². The average molecular weight is 240 g/mol. The third-order valence-electron chi connectivity index (χ3n) is 2.13. The Morgan fingerprint density at radius 2 is 2.12 bits per heavy atom. The van der Waals surface area contributed by atoms with Crippen molar-refractivity contribution in [2.24, 2.45) is 0 Å². The minimum Gasteiger partial charge on any atom is -0.494 e. The monoisotopic (exact) mass is 240 g/mol. The van der Waals surface area contributed by atoms with Crippen molar-refractivity contribution in [2.75, 3.05) is 12.9 Å². The molecule has 0 N–H and O–H groups in total. The van der Waals surface area contributed by atoms with E-state index in [-0.39, 0.29) is 5.78 Å². The van der Waals surface area contributed by atoms with Gasteiger partial charge in [-0.1, -0.05) is 0 Å². The molecule has 0 radical (unpaired) electrons. The van der Waals surface area contributed by atoms with Crippen LogP contribution < -0.4 is 4.74 Å². The van der Waals surface area contributed by atoms with Crippen LogP contribution in [-0.2, 0) is 16.6 Å². The summed E-state index contributed by atoms with van der Waals surface area (Å²) in [5.41, 5.74) is 1.46. The Hall–Kier alpha value is -1.16. The molecule has 0 saturated heterocycles. The fourth-order valence-corrected chi connectivity index (χ4v) is 2.09. The Labute approximate surface area is 98.3 Å². The second-order valence-corrected chi connectivity index (χ2v) is 4.96. The van der Waals surface area contributed by atoms with Crippen molar-refractivity contribution in [3.8, 4) is 5.75 Å². The van der Waals surface area contributed by atoms with Gasteiger partial charge in [0, 0.05) is 28.2 Å². The van der Waals surface area contributed by atoms with Crippen molar-refractivity contribution in [2.45, 2.75) is 19.6 Å². The zero-order chi connectivity index (χ0) is 12.1. The summed E-state index contributed by atoms with van der Waals surface area (Å²) < 4.78 is 16.6. The van der Waals surface area contributed by atoms with Crippen molar-refractivity contribution in [3.05, 3.63) is 29.3 Å². The molecule has 0 amide bonds. The molecular weight excluding hydrogens is 224 g/mol. The molecule has 1 aromatic carbocycles. The molecule has 4 heteroatoms. The molecule has 16 heavy (non-hydrogen) atoms. The molecule has 1 aromatic rings. The van der Waals surface area contributed by atoms with Gasteiger partial charge in [-0.15, -0.1) is 0 Å². The van der Waals surface area contributed by atoms with Crippen molar-refractivity contribution in [1.82, 2.24) is 0 Å². The van der Waals surface area contributed by atoms with E-state index in [0.29, 0.717) is 23.7 Å². The van der Waals surface area contributed by atoms with Gasteiger partial charge in [0.1, 0.15) is 5.75 Å². The van der Waals surface area contributed by atoms with Crippen LogP contribution in [0, 0.1) is 0 Å². The van der Waals surface area contributed by atoms with Crippen LogP contribution >= 0.6 is 0 Å². The fourth-order valence-electron chi connectivity index (χ4n) is 1.43. The van der Waals surface area contributed by atoms with E-state index in [1.807, 2.05) is 6.92 Å². The molecule has 0 saturated carbocycles. The number of hydrogen-bond donors (Lipinski definition) is 0. The molecule has 0 heterocycles. The first-order valence-corrected chi connectivity index (χ1v) is 6.84. The third kappa shape index (κ3) is 3.45. The number of ether oxygens (including phenoxy) is 1. The summed E-state index contributed by atoms with van der Waals surface area (Å²) in [7, 11) is -0.943. The lowest BCUT2D eigenvalue weighted by Gasteiger charge is -2.10. The highest BCUT2D eigenvalue weighted by Crippen LogP contribution is 2.22. The van der Waals surface area contributed by atoms with Gasteiger partial charge in [-0.25, -0.2) is 0 Å². The van der Waals surface area contributed by atoms with Crippen LogP contribution in [0.1, 0.15) is 29.8 Å². The first kappa shape index (κ1) is 12.9. The van der Waals surface area contributed by atoms with E-state index in [1.165, 1.54) is 6.92 Å². The minimum absolute atomic E-state index is 0.00573. The molecule has 1 unspecified atom stereocenters. The van der Waals surface area contributed by atoms with Gasteiger partial charge in [-0.05, 0) is 32.0 Å². The normalized spacial score (nSPS) is 12.2. The van der Waals surface area contributed by atoms with Crippen molar-refractivity contribution < 1.29 is 13.7 Å². The second-order valence-electron chi connectivity index (χ2n) is 3.53. The molecule has 0 aliphatic rings. The highest BCUT2D eigenvalue weighted by Gasteiger charge is 2.08. The van der Waals surface area contributed by atoms with Gasteiger partial charge in [-0.3, -0.25) is 9.00 Å². The number of rotatable bonds is 5. The maximum atomic E-state index is 11.2. The van der Waals surface area contributed by atoms with Crippen LogP contribution in [0.15, 0.2) is 18.2 Å². The van der Waals surface area contributed by atoms with Gasteiger partial charge in [0.05, 0.1) is 12.4 Å². The van der Waals surface area contributed by atoms with Crippen LogP contribution in [0.3, 0.4) is 0 Å². The van der Waals surface area contributed by atoms with Crippen molar-refractivity contribution in [3.63, 3.8) is 0 Å². The van der Waals surface area contributed by atoms with Gasteiger partial charge < -0.3 is 4.74 Å². The molecule has 1 atom stereocenters. The Balaban J connectivity index is 3.09. The smallest absolute Gasteiger partial charge is 0.159 e. The van der Waals surface area contributed by atoms with Crippen LogP contribution in [0.5, 0.6) is 5.75 Å². The Bertz CT molecular complexity index is 413. The predicted octanol–water partition coefficient (Wildman–Crippen LogP) is 2.17. The van der Waals surface area contributed by atoms with Crippen LogP contribution in [-0.4, -0.2) is 22.9 Å². The number of carbonyl (C=O) groups is 1. The molecule has 0 aromatic heterocycles. The summed E-state index contributed by atoms with van der Waals surface area (Å²) in [5, 5.41) is 0. The Morgan fingerprint density at radius 1 is 1.44 bits per heavy atom. The SMILES string of the molecule is CCOc1ccc(C(C)=O)cc1CS(C)=O. The number of benzene rings is 1. The molecule has 3 nitrogen and oxygen atoms in total. The number of carbonyl (C=O) groups excluding carboxylic acids is 1. The zero-order valence-corrected chi connectivity index (χ0v) is 10.6. The molecule has 0 fully saturated rings. The average Bonchev–Trinajstić information content (AvgIpc) is 2.19. The van der Waals surface area contributed by atoms with E-state index in [9.17, 15) is 9.00 Å². The number of ketones is 1. The zero-order valence-electron chi connectivity index (χ0n) is 9.78. The summed E-state index contributed by atoms with van der Waals surface area (Å²) in [6.45, 7) is 3.97. The van der Waals surface area contributed by atoms with E-state index >= 15 is 0 Å². The topological polar surface area (TPSA) is 43.4 Å². The first-order valence-electron chi connectivity index (χ1n) is 5.11. The second kappa shape index (κ2) is 5.80. The Morgan fingerprint density at radius 3 is 2.62 bits per heavy atom. The predicted molar refractivity (Wildman–Crippen MR) is 65.4 cm³/mol. The highest BCUT2D eigenvalue weighted by molar-refractivity contribution is 7.83. The van der Waals surface area contributed by atoms with Gasteiger partial charge in [0.15, 0.2) is 5.78 Å². The van der Waals surface area contributed by atoms with E-state index < -0.39 is 10.8 Å². The molecule has 0 spiro atoms. The quantitative estimate of drug-likeness (QED) is 0.741. The molecule has 88 valence electrons. The lowest BCUT2D eigenvalue weighted by Crippen LogP contribution is -2.02. The lowest BCUT2D eigenvalue weighted by molar-refractivity contribution is 0.101. The highest BCUT2D eigenvalue weighted by atomic mass is 32.2. The summed E-state index contributed by atoms with van der Waals surface area (Å²) in [5.74, 6) is 1.13. The van der Waals surface area contributed by atoms with E-state index in [2.05, 4.69) is 0 Å². The molecule has 0 aliphatic heterocycles. The minimum atomic E-state index is -0.943. The molecule has 0 bridgehead atoms. The van der Waals surface area contributed by atoms with Crippen LogP contribution in [0.2, 0.25) is 0 Å². The van der Waals surface area contributed by atoms with Crippen LogP contribution in [0.25, 0.3) is 0 Å². The van der Waals surface area contributed by atoms with Gasteiger partial charge >= 0.3 is 0 Å². The van der Waals surface area contributed by atoms with E-state index in [4.69, 9.17) is 4.74 Å². The van der Waals surface area contributed by atoms with Gasteiger partial charge in [-0.2, -0.15) is 0 Å². The fraction of sp³-hybridized carbons (Fsp3) is 0.417. The summed E-state index contributed by atoms with van der Waals surface area (Å²) in [6.07, 6.45) is 1.64. The summed E-state index contributed by atoms with van der Waals surface area (Å²) in [4.78, 5) is 11.2.